The monoisotopic (exact) mass is 278 g/mol. The Balaban J connectivity index is 1.64. The highest BCUT2D eigenvalue weighted by molar-refractivity contribution is 5.51. The van der Waals surface area contributed by atoms with E-state index in [1.165, 1.54) is 0 Å². The van der Waals surface area contributed by atoms with Crippen LogP contribution in [0.4, 0.5) is 0 Å². The molecule has 0 spiro atoms. The van der Waals surface area contributed by atoms with Crippen molar-refractivity contribution in [3.63, 3.8) is 0 Å². The predicted molar refractivity (Wildman–Crippen MR) is 76.2 cm³/mol. The Bertz CT molecular complexity index is 482. The highest BCUT2D eigenvalue weighted by Gasteiger charge is 2.22. The summed E-state index contributed by atoms with van der Waals surface area (Å²) >= 11 is 0. The van der Waals surface area contributed by atoms with E-state index in [9.17, 15) is 5.11 Å². The summed E-state index contributed by atoms with van der Waals surface area (Å²) in [5.74, 6) is 1.66. The van der Waals surface area contributed by atoms with Crippen molar-refractivity contribution in [1.82, 2.24) is 9.80 Å². The fourth-order valence-electron chi connectivity index (χ4n) is 2.78. The molecule has 3 rings (SSSR count). The van der Waals surface area contributed by atoms with Crippen LogP contribution in [0.3, 0.4) is 0 Å². The fourth-order valence-corrected chi connectivity index (χ4v) is 2.78. The molecule has 0 unspecified atom stereocenters. The lowest BCUT2D eigenvalue weighted by atomic mass is 10.1. The van der Waals surface area contributed by atoms with E-state index in [0.717, 1.165) is 44.0 Å². The lowest BCUT2D eigenvalue weighted by Gasteiger charge is -2.37. The molecule has 0 saturated carbocycles. The summed E-state index contributed by atoms with van der Waals surface area (Å²) < 4.78 is 10.6. The van der Waals surface area contributed by atoms with E-state index in [4.69, 9.17) is 9.47 Å². The Morgan fingerprint density at radius 3 is 2.40 bits per heavy atom. The summed E-state index contributed by atoms with van der Waals surface area (Å²) in [5, 5.41) is 10.1. The third kappa shape index (κ3) is 2.69. The van der Waals surface area contributed by atoms with E-state index in [-0.39, 0.29) is 6.79 Å². The van der Waals surface area contributed by atoms with Gasteiger partial charge in [-0.05, 0) is 19.9 Å². The number of benzene rings is 1. The second-order valence-corrected chi connectivity index (χ2v) is 5.74. The molecule has 0 bridgehead atoms. The molecule has 1 aromatic carbocycles. The number of phenolic OH excluding ortho intramolecular Hbond substituents is 1. The van der Waals surface area contributed by atoms with Crippen molar-refractivity contribution in [2.75, 3.05) is 33.0 Å². The van der Waals surface area contributed by atoms with E-state index in [0.29, 0.717) is 17.5 Å². The SMILES string of the molecule is CC(C)N1CCN(Cc2cc3c(cc2O)OCO3)CC1. The molecule has 0 radical (unpaired) electrons. The van der Waals surface area contributed by atoms with Crippen LogP contribution >= 0.6 is 0 Å². The molecule has 2 aliphatic rings. The van der Waals surface area contributed by atoms with Gasteiger partial charge >= 0.3 is 0 Å². The summed E-state index contributed by atoms with van der Waals surface area (Å²) in [6.45, 7) is 9.71. The maximum absolute atomic E-state index is 10.1. The van der Waals surface area contributed by atoms with Crippen molar-refractivity contribution in [2.24, 2.45) is 0 Å². The van der Waals surface area contributed by atoms with Gasteiger partial charge in [0.2, 0.25) is 6.79 Å². The first kappa shape index (κ1) is 13.5. The Labute approximate surface area is 119 Å². The third-order valence-corrected chi connectivity index (χ3v) is 4.10. The summed E-state index contributed by atoms with van der Waals surface area (Å²) in [5.41, 5.74) is 0.909. The largest absolute Gasteiger partial charge is 0.507 e. The number of rotatable bonds is 3. The van der Waals surface area contributed by atoms with Gasteiger partial charge in [-0.25, -0.2) is 0 Å². The van der Waals surface area contributed by atoms with Gasteiger partial charge in [0.25, 0.3) is 0 Å². The van der Waals surface area contributed by atoms with Crippen molar-refractivity contribution >= 4 is 0 Å². The Kier molecular flexibility index (Phi) is 3.72. The molecule has 20 heavy (non-hydrogen) atoms. The van der Waals surface area contributed by atoms with Crippen LogP contribution in [0.15, 0.2) is 12.1 Å². The molecule has 5 heteroatoms. The average molecular weight is 278 g/mol. The second-order valence-electron chi connectivity index (χ2n) is 5.74. The van der Waals surface area contributed by atoms with Crippen LogP contribution in [0, 0.1) is 0 Å². The van der Waals surface area contributed by atoms with Gasteiger partial charge in [0, 0.05) is 50.4 Å². The summed E-state index contributed by atoms with van der Waals surface area (Å²) in [4.78, 5) is 4.85. The van der Waals surface area contributed by atoms with E-state index in [1.54, 1.807) is 6.07 Å². The van der Waals surface area contributed by atoms with Crippen LogP contribution in [0.25, 0.3) is 0 Å². The van der Waals surface area contributed by atoms with Crippen LogP contribution in [0.1, 0.15) is 19.4 Å². The number of ether oxygens (including phenoxy) is 2. The lowest BCUT2D eigenvalue weighted by Crippen LogP contribution is -2.48. The van der Waals surface area contributed by atoms with Crippen molar-refractivity contribution in [1.29, 1.82) is 0 Å². The Hall–Kier alpha value is -1.46. The van der Waals surface area contributed by atoms with Gasteiger partial charge < -0.3 is 14.6 Å². The normalized spacial score (nSPS) is 19.8. The lowest BCUT2D eigenvalue weighted by molar-refractivity contribution is 0.103. The number of phenols is 1. The molecule has 2 heterocycles. The maximum atomic E-state index is 10.1. The zero-order chi connectivity index (χ0) is 14.1. The molecular weight excluding hydrogens is 256 g/mol. The number of nitrogens with zero attached hydrogens (tertiary/aromatic N) is 2. The highest BCUT2D eigenvalue weighted by Crippen LogP contribution is 2.38. The quantitative estimate of drug-likeness (QED) is 0.911. The number of fused-ring (bicyclic) bond motifs is 1. The molecule has 0 atom stereocenters. The zero-order valence-corrected chi connectivity index (χ0v) is 12.1. The fraction of sp³-hybridized carbons (Fsp3) is 0.600. The number of aromatic hydroxyl groups is 1. The van der Waals surface area contributed by atoms with Crippen LogP contribution in [0.2, 0.25) is 0 Å². The van der Waals surface area contributed by atoms with E-state index in [2.05, 4.69) is 23.6 Å². The number of piperazine rings is 1. The van der Waals surface area contributed by atoms with Crippen LogP contribution in [-0.4, -0.2) is 53.9 Å². The smallest absolute Gasteiger partial charge is 0.231 e. The molecule has 0 aromatic heterocycles. The minimum absolute atomic E-state index is 0.241. The zero-order valence-electron chi connectivity index (χ0n) is 12.1. The first-order valence-electron chi connectivity index (χ1n) is 7.21. The van der Waals surface area contributed by atoms with Crippen LogP contribution in [0.5, 0.6) is 17.2 Å². The Morgan fingerprint density at radius 2 is 1.75 bits per heavy atom. The van der Waals surface area contributed by atoms with Crippen molar-refractivity contribution < 1.29 is 14.6 Å². The molecule has 1 aromatic rings. The van der Waals surface area contributed by atoms with Gasteiger partial charge in [-0.3, -0.25) is 9.80 Å². The molecular formula is C15H22N2O3. The van der Waals surface area contributed by atoms with Crippen molar-refractivity contribution in [3.05, 3.63) is 17.7 Å². The average Bonchev–Trinajstić information content (AvgIpc) is 2.87. The number of hydrogen-bond donors (Lipinski definition) is 1. The van der Waals surface area contributed by atoms with E-state index in [1.807, 2.05) is 6.07 Å². The van der Waals surface area contributed by atoms with E-state index >= 15 is 0 Å². The first-order chi connectivity index (χ1) is 9.63. The molecule has 2 aliphatic heterocycles. The minimum atomic E-state index is 0.241. The third-order valence-electron chi connectivity index (χ3n) is 4.10. The molecule has 110 valence electrons. The van der Waals surface area contributed by atoms with Gasteiger partial charge in [-0.15, -0.1) is 0 Å². The standard InChI is InChI=1S/C15H22N2O3/c1-11(2)17-5-3-16(4-6-17)9-12-7-14-15(8-13(12)18)20-10-19-14/h7-8,11,18H,3-6,9-10H2,1-2H3. The molecule has 1 fully saturated rings. The minimum Gasteiger partial charge on any atom is -0.507 e. The van der Waals surface area contributed by atoms with Gasteiger partial charge in [-0.1, -0.05) is 0 Å². The summed E-state index contributed by atoms with van der Waals surface area (Å²) in [7, 11) is 0. The van der Waals surface area contributed by atoms with Crippen LogP contribution < -0.4 is 9.47 Å². The predicted octanol–water partition coefficient (Wildman–Crippen LogP) is 1.65. The maximum Gasteiger partial charge on any atom is 0.231 e. The summed E-state index contributed by atoms with van der Waals surface area (Å²) in [6.07, 6.45) is 0. The molecule has 5 nitrogen and oxygen atoms in total. The summed E-state index contributed by atoms with van der Waals surface area (Å²) in [6, 6.07) is 4.16. The molecule has 0 amide bonds. The van der Waals surface area contributed by atoms with Crippen molar-refractivity contribution in [3.8, 4) is 17.2 Å². The first-order valence-corrected chi connectivity index (χ1v) is 7.21. The highest BCUT2D eigenvalue weighted by atomic mass is 16.7. The van der Waals surface area contributed by atoms with Crippen LogP contribution in [-0.2, 0) is 6.54 Å². The molecule has 1 saturated heterocycles. The number of hydrogen-bond acceptors (Lipinski definition) is 5. The van der Waals surface area contributed by atoms with Gasteiger partial charge in [0.15, 0.2) is 11.5 Å². The van der Waals surface area contributed by atoms with Gasteiger partial charge in [0.1, 0.15) is 5.75 Å². The van der Waals surface area contributed by atoms with Crippen molar-refractivity contribution in [2.45, 2.75) is 26.4 Å². The molecule has 1 N–H and O–H groups in total. The van der Waals surface area contributed by atoms with Gasteiger partial charge in [0.05, 0.1) is 0 Å². The van der Waals surface area contributed by atoms with E-state index < -0.39 is 0 Å². The Morgan fingerprint density at radius 1 is 1.10 bits per heavy atom. The second kappa shape index (κ2) is 5.50. The van der Waals surface area contributed by atoms with Gasteiger partial charge in [-0.2, -0.15) is 0 Å². The molecule has 0 aliphatic carbocycles. The topological polar surface area (TPSA) is 45.2 Å².